The van der Waals surface area contributed by atoms with E-state index in [2.05, 4.69) is 49.1 Å². The number of rotatable bonds is 6. The molecule has 2 nitrogen and oxygen atoms in total. The highest BCUT2D eigenvalue weighted by atomic mass is 79.9. The van der Waals surface area contributed by atoms with Crippen LogP contribution in [0.1, 0.15) is 30.5 Å². The normalized spacial score (nSPS) is 12.4. The van der Waals surface area contributed by atoms with Gasteiger partial charge in [0.05, 0.1) is 0 Å². The Kier molecular flexibility index (Phi) is 6.33. The van der Waals surface area contributed by atoms with Gasteiger partial charge in [-0.15, -0.1) is 0 Å². The van der Waals surface area contributed by atoms with Gasteiger partial charge >= 0.3 is 0 Å². The molecule has 21 heavy (non-hydrogen) atoms. The first-order chi connectivity index (χ1) is 10.1. The summed E-state index contributed by atoms with van der Waals surface area (Å²) in [4.78, 5) is 4.20. The third kappa shape index (κ3) is 4.87. The Hall–Kier alpha value is -0.780. The minimum atomic E-state index is -0.185. The van der Waals surface area contributed by atoms with E-state index in [-0.39, 0.29) is 11.9 Å². The van der Waals surface area contributed by atoms with Gasteiger partial charge in [0.1, 0.15) is 5.82 Å². The third-order valence-electron chi connectivity index (χ3n) is 3.21. The van der Waals surface area contributed by atoms with Crippen LogP contribution in [-0.2, 0) is 6.42 Å². The van der Waals surface area contributed by atoms with Gasteiger partial charge in [0.2, 0.25) is 0 Å². The van der Waals surface area contributed by atoms with Gasteiger partial charge in [-0.05, 0) is 64.6 Å². The Labute approximate surface area is 141 Å². The molecular weight excluding hydrogens is 399 g/mol. The Balaban J connectivity index is 2.23. The van der Waals surface area contributed by atoms with Gasteiger partial charge in [0.15, 0.2) is 0 Å². The number of hydrogen-bond donors (Lipinski definition) is 1. The number of nitrogens with one attached hydrogen (secondary N) is 1. The van der Waals surface area contributed by atoms with E-state index in [1.54, 1.807) is 6.20 Å². The van der Waals surface area contributed by atoms with Crippen LogP contribution in [0.4, 0.5) is 4.39 Å². The van der Waals surface area contributed by atoms with E-state index in [9.17, 15) is 4.39 Å². The highest BCUT2D eigenvalue weighted by molar-refractivity contribution is 9.10. The molecule has 0 saturated carbocycles. The molecule has 1 aromatic heterocycles. The van der Waals surface area contributed by atoms with Crippen molar-refractivity contribution >= 4 is 31.9 Å². The lowest BCUT2D eigenvalue weighted by Gasteiger charge is -2.19. The van der Waals surface area contributed by atoms with Gasteiger partial charge in [0, 0.05) is 27.4 Å². The van der Waals surface area contributed by atoms with Crippen LogP contribution in [0.5, 0.6) is 0 Å². The lowest BCUT2D eigenvalue weighted by atomic mass is 9.99. The zero-order valence-corrected chi connectivity index (χ0v) is 14.9. The van der Waals surface area contributed by atoms with Crippen molar-refractivity contribution in [1.29, 1.82) is 0 Å². The third-order valence-corrected chi connectivity index (χ3v) is 4.14. The van der Waals surface area contributed by atoms with Crippen LogP contribution in [0.25, 0.3) is 0 Å². The van der Waals surface area contributed by atoms with E-state index in [1.807, 2.05) is 24.4 Å². The van der Waals surface area contributed by atoms with Crippen molar-refractivity contribution in [3.8, 4) is 0 Å². The van der Waals surface area contributed by atoms with E-state index in [0.717, 1.165) is 27.5 Å². The zero-order chi connectivity index (χ0) is 15.2. The lowest BCUT2D eigenvalue weighted by Crippen LogP contribution is -2.24. The number of pyridine rings is 1. The molecule has 0 spiro atoms. The van der Waals surface area contributed by atoms with Gasteiger partial charge in [0.25, 0.3) is 0 Å². The van der Waals surface area contributed by atoms with Crippen molar-refractivity contribution in [3.63, 3.8) is 0 Å². The number of benzene rings is 1. The van der Waals surface area contributed by atoms with Crippen molar-refractivity contribution in [2.75, 3.05) is 6.54 Å². The Morgan fingerprint density at radius 2 is 2.00 bits per heavy atom. The van der Waals surface area contributed by atoms with E-state index in [4.69, 9.17) is 0 Å². The topological polar surface area (TPSA) is 24.9 Å². The van der Waals surface area contributed by atoms with E-state index >= 15 is 0 Å². The Bertz CT molecular complexity index is 605. The molecule has 0 radical (unpaired) electrons. The monoisotopic (exact) mass is 414 g/mol. The van der Waals surface area contributed by atoms with Gasteiger partial charge in [-0.3, -0.25) is 4.98 Å². The number of aromatic nitrogens is 1. The summed E-state index contributed by atoms with van der Waals surface area (Å²) in [5.41, 5.74) is 1.76. The largest absolute Gasteiger partial charge is 0.310 e. The summed E-state index contributed by atoms with van der Waals surface area (Å²) in [5.74, 6) is -0.185. The molecular formula is C16H17Br2FN2. The average molecular weight is 416 g/mol. The molecule has 112 valence electrons. The smallest absolute Gasteiger partial charge is 0.127 e. The summed E-state index contributed by atoms with van der Waals surface area (Å²) in [6.07, 6.45) is 5.20. The van der Waals surface area contributed by atoms with Crippen LogP contribution in [-0.4, -0.2) is 11.5 Å². The van der Waals surface area contributed by atoms with Crippen molar-refractivity contribution in [3.05, 3.63) is 62.5 Å². The molecule has 0 bridgehead atoms. The fourth-order valence-electron chi connectivity index (χ4n) is 2.15. The van der Waals surface area contributed by atoms with Gasteiger partial charge in [-0.2, -0.15) is 0 Å². The SMILES string of the molecule is CCCNC(Cc1ccc(Br)cc1F)c1cncc(Br)c1. The molecule has 0 aliphatic carbocycles. The van der Waals surface area contributed by atoms with Gasteiger partial charge in [-0.1, -0.05) is 28.9 Å². The van der Waals surface area contributed by atoms with E-state index < -0.39 is 0 Å². The molecule has 1 heterocycles. The van der Waals surface area contributed by atoms with Crippen LogP contribution in [0.2, 0.25) is 0 Å². The van der Waals surface area contributed by atoms with Crippen LogP contribution >= 0.6 is 31.9 Å². The maximum atomic E-state index is 14.0. The van der Waals surface area contributed by atoms with Crippen LogP contribution in [0, 0.1) is 5.82 Å². The molecule has 2 aromatic rings. The lowest BCUT2D eigenvalue weighted by molar-refractivity contribution is 0.511. The average Bonchev–Trinajstić information content (AvgIpc) is 2.45. The molecule has 1 aromatic carbocycles. The minimum absolute atomic E-state index is 0.0469. The first-order valence-corrected chi connectivity index (χ1v) is 8.46. The predicted molar refractivity (Wildman–Crippen MR) is 90.8 cm³/mol. The van der Waals surface area contributed by atoms with Crippen molar-refractivity contribution < 1.29 is 4.39 Å². The van der Waals surface area contributed by atoms with Crippen LogP contribution in [0.15, 0.2) is 45.6 Å². The summed E-state index contributed by atoms with van der Waals surface area (Å²) >= 11 is 6.72. The molecule has 1 atom stereocenters. The van der Waals surface area contributed by atoms with Crippen LogP contribution in [0.3, 0.4) is 0 Å². The van der Waals surface area contributed by atoms with Crippen molar-refractivity contribution in [2.24, 2.45) is 0 Å². The standard InChI is InChI=1S/C16H17Br2FN2/c1-2-5-21-16(12-6-14(18)10-20-9-12)7-11-3-4-13(17)8-15(11)19/h3-4,6,8-10,16,21H,2,5,7H2,1H3. The zero-order valence-electron chi connectivity index (χ0n) is 11.7. The van der Waals surface area contributed by atoms with E-state index in [1.165, 1.54) is 6.07 Å². The summed E-state index contributed by atoms with van der Waals surface area (Å²) in [6.45, 7) is 3.00. The highest BCUT2D eigenvalue weighted by Gasteiger charge is 2.15. The summed E-state index contributed by atoms with van der Waals surface area (Å²) in [6, 6.07) is 7.27. The molecule has 5 heteroatoms. The first kappa shape index (κ1) is 16.6. The molecule has 0 saturated heterocycles. The highest BCUT2D eigenvalue weighted by Crippen LogP contribution is 2.23. The molecule has 1 N–H and O–H groups in total. The summed E-state index contributed by atoms with van der Waals surface area (Å²) in [7, 11) is 0. The quantitative estimate of drug-likeness (QED) is 0.715. The van der Waals surface area contributed by atoms with Crippen molar-refractivity contribution in [2.45, 2.75) is 25.8 Å². The summed E-state index contributed by atoms with van der Waals surface area (Å²) < 4.78 is 15.7. The number of hydrogen-bond acceptors (Lipinski definition) is 2. The molecule has 0 fully saturated rings. The molecule has 0 aliphatic rings. The molecule has 1 unspecified atom stereocenters. The van der Waals surface area contributed by atoms with Gasteiger partial charge in [-0.25, -0.2) is 4.39 Å². The summed E-state index contributed by atoms with van der Waals surface area (Å²) in [5, 5.41) is 3.46. The number of nitrogens with zero attached hydrogens (tertiary/aromatic N) is 1. The molecule has 2 rings (SSSR count). The second kappa shape index (κ2) is 8.01. The predicted octanol–water partition coefficient (Wildman–Crippen LogP) is 5.03. The van der Waals surface area contributed by atoms with E-state index in [0.29, 0.717) is 12.0 Å². The maximum absolute atomic E-state index is 14.0. The molecule has 0 amide bonds. The van der Waals surface area contributed by atoms with Crippen molar-refractivity contribution in [1.82, 2.24) is 10.3 Å². The second-order valence-electron chi connectivity index (χ2n) is 4.88. The fourth-order valence-corrected chi connectivity index (χ4v) is 2.87. The first-order valence-electron chi connectivity index (χ1n) is 6.88. The van der Waals surface area contributed by atoms with Gasteiger partial charge < -0.3 is 5.32 Å². The Morgan fingerprint density at radius 1 is 1.19 bits per heavy atom. The molecule has 0 aliphatic heterocycles. The number of halogens is 3. The minimum Gasteiger partial charge on any atom is -0.310 e. The second-order valence-corrected chi connectivity index (χ2v) is 6.71. The Morgan fingerprint density at radius 3 is 2.67 bits per heavy atom. The maximum Gasteiger partial charge on any atom is 0.127 e. The fraction of sp³-hybridized carbons (Fsp3) is 0.312. The van der Waals surface area contributed by atoms with Crippen LogP contribution < -0.4 is 5.32 Å².